The third-order valence-corrected chi connectivity index (χ3v) is 4.66. The Morgan fingerprint density at radius 1 is 1.35 bits per heavy atom. The number of aliphatic imine (C=N–C) groups is 1. The van der Waals surface area contributed by atoms with Gasteiger partial charge in [0.1, 0.15) is 0 Å². The topological polar surface area (TPSA) is 107 Å². The van der Waals surface area contributed by atoms with Gasteiger partial charge in [-0.25, -0.2) is 4.99 Å². The van der Waals surface area contributed by atoms with Crippen molar-refractivity contribution in [1.82, 2.24) is 15.5 Å². The maximum atomic E-state index is 12.4. The number of para-hydroxylation sites is 1. The summed E-state index contributed by atoms with van der Waals surface area (Å²) < 4.78 is 0. The number of carbonyl (C=O) groups excluding carboxylic acids is 1. The van der Waals surface area contributed by atoms with E-state index in [4.69, 9.17) is 11.1 Å². The minimum atomic E-state index is -0.0646. The molecule has 0 saturated carbocycles. The molecule has 1 amide bonds. The number of carbonyl (C=O) groups is 1. The van der Waals surface area contributed by atoms with Crippen LogP contribution in [-0.2, 0) is 4.79 Å². The van der Waals surface area contributed by atoms with Crippen molar-refractivity contribution in [2.24, 2.45) is 16.6 Å². The molecule has 7 nitrogen and oxygen atoms in total. The summed E-state index contributed by atoms with van der Waals surface area (Å²) in [7, 11) is 1.96. The van der Waals surface area contributed by atoms with Crippen molar-refractivity contribution < 1.29 is 4.79 Å². The lowest BCUT2D eigenvalue weighted by Crippen LogP contribution is -2.45. The first-order valence-corrected chi connectivity index (χ1v) is 9.17. The number of nitrogens with one attached hydrogen (secondary N) is 3. The molecule has 0 unspecified atom stereocenters. The maximum absolute atomic E-state index is 12.4. The molecule has 1 saturated heterocycles. The van der Waals surface area contributed by atoms with E-state index in [0.717, 1.165) is 45.4 Å². The number of piperidine rings is 1. The molecule has 142 valence electrons. The summed E-state index contributed by atoms with van der Waals surface area (Å²) >= 11 is 0. The smallest absolute Gasteiger partial charge is 0.229 e. The fourth-order valence-corrected chi connectivity index (χ4v) is 3.17. The highest BCUT2D eigenvalue weighted by Crippen LogP contribution is 2.20. The zero-order valence-corrected chi connectivity index (χ0v) is 15.7. The fraction of sp³-hybridized carbons (Fsp3) is 0.526. The summed E-state index contributed by atoms with van der Waals surface area (Å²) in [4.78, 5) is 19.1. The van der Waals surface area contributed by atoms with E-state index in [1.807, 2.05) is 25.2 Å². The minimum Gasteiger partial charge on any atom is -0.369 e. The van der Waals surface area contributed by atoms with E-state index in [2.05, 4.69) is 20.5 Å². The number of benzene rings is 1. The van der Waals surface area contributed by atoms with Crippen molar-refractivity contribution in [3.63, 3.8) is 0 Å². The third kappa shape index (κ3) is 5.93. The van der Waals surface area contributed by atoms with Crippen molar-refractivity contribution in [3.05, 3.63) is 29.8 Å². The molecule has 1 aliphatic rings. The van der Waals surface area contributed by atoms with Crippen molar-refractivity contribution >= 4 is 23.3 Å². The van der Waals surface area contributed by atoms with Crippen LogP contribution in [0.25, 0.3) is 0 Å². The molecular formula is C19H30N6O. The zero-order chi connectivity index (χ0) is 18.9. The predicted molar refractivity (Wildman–Crippen MR) is 106 cm³/mol. The molecule has 1 aromatic rings. The fourth-order valence-electron chi connectivity index (χ4n) is 3.17. The summed E-state index contributed by atoms with van der Waals surface area (Å²) in [6.45, 7) is 5.67. The quantitative estimate of drug-likeness (QED) is 0.336. The SMILES string of the molecule is CNCCCN1CCC(C(=O)NC(N)=Nc2ccccc2C(C)=N)CC1. The number of guanidine groups is 1. The molecule has 7 heteroatoms. The zero-order valence-electron chi connectivity index (χ0n) is 15.7. The second-order valence-corrected chi connectivity index (χ2v) is 6.70. The Kier molecular flexibility index (Phi) is 7.74. The summed E-state index contributed by atoms with van der Waals surface area (Å²) in [6.07, 6.45) is 2.81. The number of nitrogens with zero attached hydrogens (tertiary/aromatic N) is 2. The monoisotopic (exact) mass is 358 g/mol. The Bertz CT molecular complexity index is 649. The second kappa shape index (κ2) is 10.0. The number of likely N-dealkylation sites (tertiary alicyclic amines) is 1. The largest absolute Gasteiger partial charge is 0.369 e. The average molecular weight is 358 g/mol. The highest BCUT2D eigenvalue weighted by Gasteiger charge is 2.25. The lowest BCUT2D eigenvalue weighted by Gasteiger charge is -2.31. The van der Waals surface area contributed by atoms with Gasteiger partial charge < -0.3 is 21.4 Å². The van der Waals surface area contributed by atoms with Gasteiger partial charge in [-0.15, -0.1) is 0 Å². The van der Waals surface area contributed by atoms with Gasteiger partial charge in [0.05, 0.1) is 5.69 Å². The Labute approximate surface area is 155 Å². The van der Waals surface area contributed by atoms with Crippen LogP contribution in [0.1, 0.15) is 31.7 Å². The van der Waals surface area contributed by atoms with E-state index in [1.54, 1.807) is 13.0 Å². The molecular weight excluding hydrogens is 328 g/mol. The highest BCUT2D eigenvalue weighted by atomic mass is 16.2. The average Bonchev–Trinajstić information content (AvgIpc) is 2.62. The number of amides is 1. The molecule has 1 fully saturated rings. The van der Waals surface area contributed by atoms with E-state index >= 15 is 0 Å². The summed E-state index contributed by atoms with van der Waals surface area (Å²) in [5.74, 6) is -0.00523. The van der Waals surface area contributed by atoms with Crippen LogP contribution in [0.3, 0.4) is 0 Å². The summed E-state index contributed by atoms with van der Waals surface area (Å²) in [5, 5.41) is 13.7. The van der Waals surface area contributed by atoms with Gasteiger partial charge in [-0.05, 0) is 65.5 Å². The van der Waals surface area contributed by atoms with Crippen LogP contribution in [0, 0.1) is 11.3 Å². The molecule has 0 aromatic heterocycles. The Morgan fingerprint density at radius 3 is 2.69 bits per heavy atom. The lowest BCUT2D eigenvalue weighted by molar-refractivity contribution is -0.124. The van der Waals surface area contributed by atoms with Gasteiger partial charge in [0.15, 0.2) is 0 Å². The molecule has 0 spiro atoms. The number of nitrogens with two attached hydrogens (primary N) is 1. The van der Waals surface area contributed by atoms with E-state index in [9.17, 15) is 4.79 Å². The van der Waals surface area contributed by atoms with Crippen molar-refractivity contribution in [2.75, 3.05) is 33.2 Å². The van der Waals surface area contributed by atoms with Gasteiger partial charge in [-0.3, -0.25) is 10.1 Å². The molecule has 0 atom stereocenters. The number of rotatable bonds is 7. The van der Waals surface area contributed by atoms with Gasteiger partial charge in [0, 0.05) is 17.2 Å². The van der Waals surface area contributed by atoms with Gasteiger partial charge in [-0.1, -0.05) is 18.2 Å². The molecule has 5 N–H and O–H groups in total. The molecule has 26 heavy (non-hydrogen) atoms. The van der Waals surface area contributed by atoms with E-state index in [0.29, 0.717) is 17.0 Å². The maximum Gasteiger partial charge on any atom is 0.229 e. The van der Waals surface area contributed by atoms with Crippen LogP contribution in [-0.4, -0.2) is 55.7 Å². The number of hydrogen-bond donors (Lipinski definition) is 4. The molecule has 1 aliphatic heterocycles. The first-order valence-electron chi connectivity index (χ1n) is 9.17. The van der Waals surface area contributed by atoms with Crippen molar-refractivity contribution in [3.8, 4) is 0 Å². The Hall–Kier alpha value is -2.25. The van der Waals surface area contributed by atoms with Crippen LogP contribution in [0.5, 0.6) is 0 Å². The molecule has 2 rings (SSSR count). The lowest BCUT2D eigenvalue weighted by atomic mass is 9.96. The standard InChI is InChI=1S/C19H30N6O/c1-14(20)16-6-3-4-7-17(16)23-19(21)24-18(26)15-8-12-25(13-9-15)11-5-10-22-2/h3-4,6-7,15,20,22H,5,8-13H2,1-2H3,(H3,21,23,24,26). The van der Waals surface area contributed by atoms with E-state index in [1.165, 1.54) is 0 Å². The van der Waals surface area contributed by atoms with Gasteiger partial charge in [-0.2, -0.15) is 0 Å². The first kappa shape index (κ1) is 20.1. The Balaban J connectivity index is 1.87. The Morgan fingerprint density at radius 2 is 2.04 bits per heavy atom. The predicted octanol–water partition coefficient (Wildman–Crippen LogP) is 1.46. The van der Waals surface area contributed by atoms with Crippen LogP contribution in [0.15, 0.2) is 29.3 Å². The third-order valence-electron chi connectivity index (χ3n) is 4.66. The normalized spacial score (nSPS) is 16.5. The van der Waals surface area contributed by atoms with Crippen LogP contribution >= 0.6 is 0 Å². The van der Waals surface area contributed by atoms with E-state index < -0.39 is 0 Å². The molecule has 1 aromatic carbocycles. The number of hydrogen-bond acceptors (Lipinski definition) is 5. The minimum absolute atomic E-state index is 0.0241. The van der Waals surface area contributed by atoms with Gasteiger partial charge in [0.2, 0.25) is 11.9 Å². The van der Waals surface area contributed by atoms with Crippen LogP contribution < -0.4 is 16.4 Å². The molecule has 0 bridgehead atoms. The summed E-state index contributed by atoms with van der Waals surface area (Å²) in [5.41, 5.74) is 7.63. The van der Waals surface area contributed by atoms with Gasteiger partial charge in [0.25, 0.3) is 0 Å². The highest BCUT2D eigenvalue weighted by molar-refractivity contribution is 6.03. The molecule has 0 radical (unpaired) electrons. The second-order valence-electron chi connectivity index (χ2n) is 6.70. The molecule has 0 aliphatic carbocycles. The van der Waals surface area contributed by atoms with E-state index in [-0.39, 0.29) is 17.8 Å². The van der Waals surface area contributed by atoms with Crippen molar-refractivity contribution in [1.29, 1.82) is 5.41 Å². The van der Waals surface area contributed by atoms with Crippen LogP contribution in [0.2, 0.25) is 0 Å². The first-order chi connectivity index (χ1) is 12.5. The van der Waals surface area contributed by atoms with Crippen LogP contribution in [0.4, 0.5) is 5.69 Å². The molecule has 1 heterocycles. The van der Waals surface area contributed by atoms with Gasteiger partial charge >= 0.3 is 0 Å². The summed E-state index contributed by atoms with van der Waals surface area (Å²) in [6, 6.07) is 7.30. The van der Waals surface area contributed by atoms with Crippen molar-refractivity contribution in [2.45, 2.75) is 26.2 Å².